The topological polar surface area (TPSA) is 60.5 Å². The zero-order chi connectivity index (χ0) is 17.6. The first-order valence-electron chi connectivity index (χ1n) is 7.42. The van der Waals surface area contributed by atoms with Crippen LogP contribution in [0.5, 0.6) is 11.5 Å². The fourth-order valence-corrected chi connectivity index (χ4v) is 2.80. The number of hydrogen-bond acceptors (Lipinski definition) is 5. The summed E-state index contributed by atoms with van der Waals surface area (Å²) >= 11 is 1.29. The Morgan fingerprint density at radius 2 is 1.80 bits per heavy atom. The number of methoxy groups -OCH3 is 1. The van der Waals surface area contributed by atoms with Crippen molar-refractivity contribution in [2.24, 2.45) is 0 Å². The fraction of sp³-hybridized carbons (Fsp3) is 0.111. The molecular weight excluding hydrogens is 343 g/mol. The quantitative estimate of drug-likeness (QED) is 0.724. The molecular formula is C18H15FN2O3S. The number of rotatable bonds is 6. The number of hydrogen-bond donors (Lipinski definition) is 1. The number of ether oxygens (including phenoxy) is 2. The normalized spacial score (nSPS) is 10.3. The van der Waals surface area contributed by atoms with Crippen molar-refractivity contribution in [2.75, 3.05) is 19.0 Å². The van der Waals surface area contributed by atoms with Crippen molar-refractivity contribution in [3.05, 3.63) is 59.7 Å². The predicted molar refractivity (Wildman–Crippen MR) is 94.6 cm³/mol. The molecule has 0 atom stereocenters. The van der Waals surface area contributed by atoms with Gasteiger partial charge in [-0.1, -0.05) is 0 Å². The Hall–Kier alpha value is -2.93. The van der Waals surface area contributed by atoms with Gasteiger partial charge in [-0.05, 0) is 48.5 Å². The summed E-state index contributed by atoms with van der Waals surface area (Å²) in [5, 5.41) is 4.94. The Morgan fingerprint density at radius 1 is 1.12 bits per heavy atom. The van der Waals surface area contributed by atoms with E-state index >= 15 is 0 Å². The number of anilines is 1. The summed E-state index contributed by atoms with van der Waals surface area (Å²) in [6.07, 6.45) is 0. The Labute approximate surface area is 148 Å². The number of halogens is 1. The minimum absolute atomic E-state index is 0.127. The van der Waals surface area contributed by atoms with Crippen molar-refractivity contribution in [3.8, 4) is 22.8 Å². The highest BCUT2D eigenvalue weighted by atomic mass is 32.1. The molecule has 2 aromatic carbocycles. The van der Waals surface area contributed by atoms with E-state index < -0.39 is 0 Å². The SMILES string of the molecule is COc1ccc(OCC(=O)Nc2nc(-c3ccc(F)cc3)cs2)cc1. The van der Waals surface area contributed by atoms with E-state index in [1.165, 1.54) is 23.5 Å². The van der Waals surface area contributed by atoms with Crippen molar-refractivity contribution in [1.82, 2.24) is 4.98 Å². The second kappa shape index (κ2) is 7.76. The molecule has 5 nitrogen and oxygen atoms in total. The summed E-state index contributed by atoms with van der Waals surface area (Å²) in [5.41, 5.74) is 1.46. The van der Waals surface area contributed by atoms with Gasteiger partial charge >= 0.3 is 0 Å². The van der Waals surface area contributed by atoms with Crippen LogP contribution in [0, 0.1) is 5.82 Å². The summed E-state index contributed by atoms with van der Waals surface area (Å²) < 4.78 is 23.4. The molecule has 1 amide bonds. The van der Waals surface area contributed by atoms with Gasteiger partial charge in [-0.25, -0.2) is 9.37 Å². The monoisotopic (exact) mass is 358 g/mol. The van der Waals surface area contributed by atoms with Gasteiger partial charge in [0.1, 0.15) is 17.3 Å². The van der Waals surface area contributed by atoms with Crippen molar-refractivity contribution >= 4 is 22.4 Å². The van der Waals surface area contributed by atoms with Gasteiger partial charge in [0.25, 0.3) is 5.91 Å². The summed E-state index contributed by atoms with van der Waals surface area (Å²) in [6.45, 7) is -0.127. The number of aromatic nitrogens is 1. The maximum absolute atomic E-state index is 13.0. The highest BCUT2D eigenvalue weighted by Crippen LogP contribution is 2.25. The second-order valence-corrected chi connectivity index (χ2v) is 5.92. The van der Waals surface area contributed by atoms with Crippen molar-refractivity contribution in [3.63, 3.8) is 0 Å². The van der Waals surface area contributed by atoms with Gasteiger partial charge in [-0.15, -0.1) is 11.3 Å². The van der Waals surface area contributed by atoms with Gasteiger partial charge in [0, 0.05) is 10.9 Å². The molecule has 1 aromatic heterocycles. The third-order valence-corrected chi connectivity index (χ3v) is 4.08. The van der Waals surface area contributed by atoms with E-state index in [2.05, 4.69) is 10.3 Å². The molecule has 0 saturated carbocycles. The first-order valence-corrected chi connectivity index (χ1v) is 8.30. The number of benzene rings is 2. The minimum Gasteiger partial charge on any atom is -0.497 e. The Kier molecular flexibility index (Phi) is 5.25. The third-order valence-electron chi connectivity index (χ3n) is 3.32. The molecule has 0 spiro atoms. The zero-order valence-corrected chi connectivity index (χ0v) is 14.2. The number of carbonyl (C=O) groups is 1. The lowest BCUT2D eigenvalue weighted by Gasteiger charge is -2.06. The Morgan fingerprint density at radius 3 is 2.48 bits per heavy atom. The first kappa shape index (κ1) is 16.9. The molecule has 1 heterocycles. The van der Waals surface area contributed by atoms with Crippen LogP contribution in [0.1, 0.15) is 0 Å². The number of amides is 1. The summed E-state index contributed by atoms with van der Waals surface area (Å²) in [5.74, 6) is 0.675. The highest BCUT2D eigenvalue weighted by molar-refractivity contribution is 7.14. The lowest BCUT2D eigenvalue weighted by Crippen LogP contribution is -2.20. The summed E-state index contributed by atoms with van der Waals surface area (Å²) in [7, 11) is 1.58. The molecule has 7 heteroatoms. The molecule has 0 aliphatic heterocycles. The molecule has 25 heavy (non-hydrogen) atoms. The van der Waals surface area contributed by atoms with Gasteiger partial charge in [0.05, 0.1) is 12.8 Å². The number of thiazole rings is 1. The first-order chi connectivity index (χ1) is 12.1. The van der Waals surface area contributed by atoms with Crippen LogP contribution in [-0.2, 0) is 4.79 Å². The van der Waals surface area contributed by atoms with E-state index in [4.69, 9.17) is 9.47 Å². The zero-order valence-electron chi connectivity index (χ0n) is 13.4. The molecule has 3 rings (SSSR count). The van der Waals surface area contributed by atoms with Crippen LogP contribution in [-0.4, -0.2) is 24.6 Å². The maximum atomic E-state index is 13.0. The second-order valence-electron chi connectivity index (χ2n) is 5.06. The van der Waals surface area contributed by atoms with Crippen LogP contribution in [0.25, 0.3) is 11.3 Å². The molecule has 0 unspecified atom stereocenters. The van der Waals surface area contributed by atoms with E-state index in [9.17, 15) is 9.18 Å². The van der Waals surface area contributed by atoms with Crippen LogP contribution >= 0.6 is 11.3 Å². The van der Waals surface area contributed by atoms with Crippen LogP contribution in [0.3, 0.4) is 0 Å². The van der Waals surface area contributed by atoms with Crippen LogP contribution in [0.15, 0.2) is 53.9 Å². The van der Waals surface area contributed by atoms with Crippen LogP contribution in [0.2, 0.25) is 0 Å². The fourth-order valence-electron chi connectivity index (χ4n) is 2.06. The summed E-state index contributed by atoms with van der Waals surface area (Å²) in [6, 6.07) is 13.0. The van der Waals surface area contributed by atoms with Gasteiger partial charge < -0.3 is 9.47 Å². The average molecular weight is 358 g/mol. The van der Waals surface area contributed by atoms with Gasteiger partial charge in [0.15, 0.2) is 11.7 Å². The standard InChI is InChI=1S/C18H15FN2O3S/c1-23-14-6-8-15(9-7-14)24-10-17(22)21-18-20-16(11-25-18)12-2-4-13(19)5-3-12/h2-9,11H,10H2,1H3,(H,20,21,22). The molecule has 0 saturated heterocycles. The third kappa shape index (κ3) is 4.54. The number of carbonyl (C=O) groups excluding carboxylic acids is 1. The largest absolute Gasteiger partial charge is 0.497 e. The average Bonchev–Trinajstić information content (AvgIpc) is 3.09. The van der Waals surface area contributed by atoms with E-state index in [1.54, 1.807) is 48.9 Å². The van der Waals surface area contributed by atoms with Gasteiger partial charge in [-0.2, -0.15) is 0 Å². The minimum atomic E-state index is -0.309. The summed E-state index contributed by atoms with van der Waals surface area (Å²) in [4.78, 5) is 16.3. The molecule has 0 bridgehead atoms. The molecule has 0 aliphatic carbocycles. The highest BCUT2D eigenvalue weighted by Gasteiger charge is 2.09. The lowest BCUT2D eigenvalue weighted by molar-refractivity contribution is -0.118. The van der Waals surface area contributed by atoms with Gasteiger partial charge in [-0.3, -0.25) is 10.1 Å². The predicted octanol–water partition coefficient (Wildman–Crippen LogP) is 3.98. The molecule has 0 radical (unpaired) electrons. The van der Waals surface area contributed by atoms with E-state index in [0.29, 0.717) is 22.3 Å². The smallest absolute Gasteiger partial charge is 0.264 e. The van der Waals surface area contributed by atoms with E-state index in [0.717, 1.165) is 5.56 Å². The van der Waals surface area contributed by atoms with E-state index in [1.807, 2.05) is 0 Å². The Bertz CT molecular complexity index is 848. The lowest BCUT2D eigenvalue weighted by atomic mass is 10.2. The van der Waals surface area contributed by atoms with Crippen molar-refractivity contribution in [2.45, 2.75) is 0 Å². The van der Waals surface area contributed by atoms with Crippen molar-refractivity contribution < 1.29 is 18.7 Å². The van der Waals surface area contributed by atoms with Crippen molar-refractivity contribution in [1.29, 1.82) is 0 Å². The molecule has 128 valence electrons. The Balaban J connectivity index is 1.55. The molecule has 3 aromatic rings. The molecule has 0 fully saturated rings. The van der Waals surface area contributed by atoms with E-state index in [-0.39, 0.29) is 18.3 Å². The number of nitrogens with zero attached hydrogens (tertiary/aromatic N) is 1. The van der Waals surface area contributed by atoms with Crippen LogP contribution < -0.4 is 14.8 Å². The van der Waals surface area contributed by atoms with Gasteiger partial charge in [0.2, 0.25) is 0 Å². The molecule has 1 N–H and O–H groups in total. The molecule has 0 aliphatic rings. The van der Waals surface area contributed by atoms with Crippen LogP contribution in [0.4, 0.5) is 9.52 Å². The maximum Gasteiger partial charge on any atom is 0.264 e. The number of nitrogens with one attached hydrogen (secondary N) is 1.